The van der Waals surface area contributed by atoms with E-state index >= 15 is 0 Å². The minimum absolute atomic E-state index is 0.137. The third kappa shape index (κ3) is 1.51. The average Bonchev–Trinajstić information content (AvgIpc) is 2.77. The molecule has 1 N–H and O–H groups in total. The Morgan fingerprint density at radius 1 is 1.33 bits per heavy atom. The predicted molar refractivity (Wildman–Crippen MR) is 58.5 cm³/mol. The molecule has 0 aliphatic carbocycles. The lowest BCUT2D eigenvalue weighted by Crippen LogP contribution is -2.34. The Morgan fingerprint density at radius 3 is 3.13 bits per heavy atom. The Morgan fingerprint density at radius 2 is 2.27 bits per heavy atom. The van der Waals surface area contributed by atoms with Crippen LogP contribution in [0.15, 0.2) is 24.3 Å². The van der Waals surface area contributed by atoms with Crippen molar-refractivity contribution in [1.29, 1.82) is 0 Å². The minimum Gasteiger partial charge on any atom is -0.367 e. The topological polar surface area (TPSA) is 15.3 Å². The molecule has 2 atom stereocenters. The lowest BCUT2D eigenvalue weighted by atomic mass is 10.1. The van der Waals surface area contributed by atoms with E-state index in [4.69, 9.17) is 0 Å². The second-order valence-corrected chi connectivity index (χ2v) is 4.45. The maximum absolute atomic E-state index is 13.1. The monoisotopic (exact) mass is 206 g/mol. The van der Waals surface area contributed by atoms with E-state index in [1.54, 1.807) is 12.1 Å². The molecule has 1 aromatic carbocycles. The summed E-state index contributed by atoms with van der Waals surface area (Å²) in [6, 6.07) is 7.52. The Bertz CT molecular complexity index is 366. The number of benzene rings is 1. The summed E-state index contributed by atoms with van der Waals surface area (Å²) in [7, 11) is 0. The zero-order valence-electron chi connectivity index (χ0n) is 8.62. The summed E-state index contributed by atoms with van der Waals surface area (Å²) in [5.74, 6) is 0.621. The second kappa shape index (κ2) is 3.49. The molecule has 2 unspecified atom stereocenters. The van der Waals surface area contributed by atoms with E-state index in [1.807, 2.05) is 6.07 Å². The SMILES string of the molecule is Fc1cccc(N2CCC3CNCC32)c1. The first-order chi connectivity index (χ1) is 7.34. The van der Waals surface area contributed by atoms with Crippen LogP contribution in [0.1, 0.15) is 6.42 Å². The van der Waals surface area contributed by atoms with Gasteiger partial charge in [0.05, 0.1) is 0 Å². The van der Waals surface area contributed by atoms with Gasteiger partial charge in [0.2, 0.25) is 0 Å². The number of hydrogen-bond acceptors (Lipinski definition) is 2. The van der Waals surface area contributed by atoms with Gasteiger partial charge >= 0.3 is 0 Å². The summed E-state index contributed by atoms with van der Waals surface area (Å²) in [6.45, 7) is 3.23. The molecule has 1 aromatic rings. The highest BCUT2D eigenvalue weighted by atomic mass is 19.1. The number of hydrogen-bond donors (Lipinski definition) is 1. The van der Waals surface area contributed by atoms with Crippen molar-refractivity contribution in [3.05, 3.63) is 30.1 Å². The van der Waals surface area contributed by atoms with Crippen molar-refractivity contribution in [3.8, 4) is 0 Å². The lowest BCUT2D eigenvalue weighted by Gasteiger charge is -2.25. The smallest absolute Gasteiger partial charge is 0.125 e. The van der Waals surface area contributed by atoms with Crippen LogP contribution in [0, 0.1) is 11.7 Å². The largest absolute Gasteiger partial charge is 0.367 e. The molecule has 0 bridgehead atoms. The number of nitrogens with one attached hydrogen (secondary N) is 1. The molecule has 2 fully saturated rings. The van der Waals surface area contributed by atoms with E-state index in [1.165, 1.54) is 12.5 Å². The highest BCUT2D eigenvalue weighted by Crippen LogP contribution is 2.31. The van der Waals surface area contributed by atoms with Crippen LogP contribution in [0.25, 0.3) is 0 Å². The van der Waals surface area contributed by atoms with Gasteiger partial charge in [0.15, 0.2) is 0 Å². The van der Waals surface area contributed by atoms with Crippen molar-refractivity contribution < 1.29 is 4.39 Å². The van der Waals surface area contributed by atoms with Crippen molar-refractivity contribution in [2.24, 2.45) is 5.92 Å². The molecule has 2 aliphatic rings. The summed E-state index contributed by atoms with van der Waals surface area (Å²) in [5.41, 5.74) is 1.03. The van der Waals surface area contributed by atoms with Crippen LogP contribution in [-0.4, -0.2) is 25.7 Å². The molecule has 2 heterocycles. The zero-order chi connectivity index (χ0) is 10.3. The predicted octanol–water partition coefficient (Wildman–Crippen LogP) is 1.62. The van der Waals surface area contributed by atoms with Gasteiger partial charge in [-0.15, -0.1) is 0 Å². The van der Waals surface area contributed by atoms with Gasteiger partial charge in [-0.25, -0.2) is 4.39 Å². The molecule has 15 heavy (non-hydrogen) atoms. The molecule has 3 heteroatoms. The van der Waals surface area contributed by atoms with Crippen LogP contribution in [0.4, 0.5) is 10.1 Å². The van der Waals surface area contributed by atoms with E-state index in [2.05, 4.69) is 10.2 Å². The van der Waals surface area contributed by atoms with Crippen molar-refractivity contribution in [3.63, 3.8) is 0 Å². The van der Waals surface area contributed by atoms with Crippen LogP contribution >= 0.6 is 0 Å². The van der Waals surface area contributed by atoms with Gasteiger partial charge in [-0.3, -0.25) is 0 Å². The van der Waals surface area contributed by atoms with Crippen LogP contribution in [0.2, 0.25) is 0 Å². The van der Waals surface area contributed by atoms with Gasteiger partial charge in [-0.05, 0) is 30.5 Å². The van der Waals surface area contributed by atoms with Gasteiger partial charge in [0.1, 0.15) is 5.82 Å². The quantitative estimate of drug-likeness (QED) is 0.751. The van der Waals surface area contributed by atoms with E-state index < -0.39 is 0 Å². The Labute approximate surface area is 89.1 Å². The maximum Gasteiger partial charge on any atom is 0.125 e. The number of nitrogens with zero attached hydrogens (tertiary/aromatic N) is 1. The molecule has 3 rings (SSSR count). The maximum atomic E-state index is 13.1. The number of fused-ring (bicyclic) bond motifs is 1. The average molecular weight is 206 g/mol. The molecule has 2 saturated heterocycles. The summed E-state index contributed by atoms with van der Waals surface area (Å²) >= 11 is 0. The summed E-state index contributed by atoms with van der Waals surface area (Å²) in [6.07, 6.45) is 1.23. The van der Waals surface area contributed by atoms with Crippen molar-refractivity contribution in [1.82, 2.24) is 5.32 Å². The first kappa shape index (κ1) is 9.16. The highest BCUT2D eigenvalue weighted by molar-refractivity contribution is 5.49. The standard InChI is InChI=1S/C12H15FN2/c13-10-2-1-3-11(6-10)15-5-4-9-7-14-8-12(9)15/h1-3,6,9,12,14H,4-5,7-8H2. The Hall–Kier alpha value is -1.09. The van der Waals surface area contributed by atoms with Crippen LogP contribution < -0.4 is 10.2 Å². The molecule has 0 aromatic heterocycles. The van der Waals surface area contributed by atoms with Gasteiger partial charge in [0, 0.05) is 31.4 Å². The first-order valence-corrected chi connectivity index (χ1v) is 5.57. The van der Waals surface area contributed by atoms with Gasteiger partial charge < -0.3 is 10.2 Å². The summed E-state index contributed by atoms with van der Waals surface area (Å²) in [4.78, 5) is 2.34. The zero-order valence-corrected chi connectivity index (χ0v) is 8.62. The number of halogens is 1. The molecule has 80 valence electrons. The molecule has 2 nitrogen and oxygen atoms in total. The molecule has 0 saturated carbocycles. The van der Waals surface area contributed by atoms with Crippen LogP contribution in [0.3, 0.4) is 0 Å². The fourth-order valence-electron chi connectivity index (χ4n) is 2.82. The summed E-state index contributed by atoms with van der Waals surface area (Å²) < 4.78 is 13.1. The Balaban J connectivity index is 1.88. The fraction of sp³-hybridized carbons (Fsp3) is 0.500. The van der Waals surface area contributed by atoms with E-state index in [-0.39, 0.29) is 5.82 Å². The van der Waals surface area contributed by atoms with Gasteiger partial charge in [-0.1, -0.05) is 6.07 Å². The van der Waals surface area contributed by atoms with E-state index in [0.717, 1.165) is 31.2 Å². The molecule has 2 aliphatic heterocycles. The molecular weight excluding hydrogens is 191 g/mol. The van der Waals surface area contributed by atoms with Crippen molar-refractivity contribution in [2.75, 3.05) is 24.5 Å². The van der Waals surface area contributed by atoms with Gasteiger partial charge in [0.25, 0.3) is 0 Å². The summed E-state index contributed by atoms with van der Waals surface area (Å²) in [5, 5.41) is 3.40. The molecular formula is C12H15FN2. The van der Waals surface area contributed by atoms with Crippen LogP contribution in [-0.2, 0) is 0 Å². The number of anilines is 1. The number of rotatable bonds is 1. The normalized spacial score (nSPS) is 29.5. The Kier molecular flexibility index (Phi) is 2.13. The molecule has 0 radical (unpaired) electrons. The molecule has 0 spiro atoms. The van der Waals surface area contributed by atoms with Crippen molar-refractivity contribution >= 4 is 5.69 Å². The van der Waals surface area contributed by atoms with Gasteiger partial charge in [-0.2, -0.15) is 0 Å². The fourth-order valence-corrected chi connectivity index (χ4v) is 2.82. The second-order valence-electron chi connectivity index (χ2n) is 4.45. The highest BCUT2D eigenvalue weighted by Gasteiger charge is 2.37. The molecule has 0 amide bonds. The van der Waals surface area contributed by atoms with E-state index in [0.29, 0.717) is 6.04 Å². The van der Waals surface area contributed by atoms with Crippen molar-refractivity contribution in [2.45, 2.75) is 12.5 Å². The van der Waals surface area contributed by atoms with E-state index in [9.17, 15) is 4.39 Å². The third-order valence-corrected chi connectivity index (χ3v) is 3.59. The minimum atomic E-state index is -0.137. The van der Waals surface area contributed by atoms with Crippen LogP contribution in [0.5, 0.6) is 0 Å². The first-order valence-electron chi connectivity index (χ1n) is 5.57. The lowest BCUT2D eigenvalue weighted by molar-refractivity contribution is 0.577. The third-order valence-electron chi connectivity index (χ3n) is 3.59.